The average molecular weight is 250 g/mol. The Morgan fingerprint density at radius 2 is 1.78 bits per heavy atom. The molecule has 0 amide bonds. The van der Waals surface area contributed by atoms with E-state index in [0.717, 1.165) is 0 Å². The molecule has 2 heterocycles. The van der Waals surface area contributed by atoms with Crippen LogP contribution in [-0.4, -0.2) is 28.2 Å². The van der Waals surface area contributed by atoms with Gasteiger partial charge in [-0.05, 0) is 43.7 Å². The molecule has 1 aromatic rings. The van der Waals surface area contributed by atoms with Crippen LogP contribution in [0.5, 0.6) is 0 Å². The van der Waals surface area contributed by atoms with Gasteiger partial charge in [0.2, 0.25) is 0 Å². The molecule has 0 aromatic carbocycles. The van der Waals surface area contributed by atoms with Crippen LogP contribution >= 0.6 is 0 Å². The molecule has 0 unspecified atom stereocenters. The third kappa shape index (κ3) is 2.11. The van der Waals surface area contributed by atoms with E-state index in [1.165, 1.54) is 6.07 Å². The molecule has 0 saturated carbocycles. The number of hydrogen-bond donors (Lipinski definition) is 0. The van der Waals surface area contributed by atoms with Gasteiger partial charge in [0.1, 0.15) is 0 Å². The summed E-state index contributed by atoms with van der Waals surface area (Å²) >= 11 is 0. The fourth-order valence-corrected chi connectivity index (χ4v) is 1.64. The van der Waals surface area contributed by atoms with Crippen molar-refractivity contribution in [1.82, 2.24) is 4.98 Å². The van der Waals surface area contributed by atoms with Crippen molar-refractivity contribution < 1.29 is 14.2 Å². The number of rotatable bonds is 2. The Labute approximate surface area is 106 Å². The highest BCUT2D eigenvalue weighted by molar-refractivity contribution is 6.61. The Morgan fingerprint density at radius 1 is 1.22 bits per heavy atom. The van der Waals surface area contributed by atoms with Crippen LogP contribution in [0, 0.1) is 10.1 Å². The van der Waals surface area contributed by atoms with Gasteiger partial charge in [0.15, 0.2) is 5.59 Å². The van der Waals surface area contributed by atoms with Crippen LogP contribution in [0.25, 0.3) is 0 Å². The second-order valence-corrected chi connectivity index (χ2v) is 5.27. The summed E-state index contributed by atoms with van der Waals surface area (Å²) in [6, 6.07) is 4.58. The standard InChI is InChI=1S/C11H15BN2O4/c1-10(2)11(3,4)18-12(17-10)8-6-5-7-9(13-8)14(15)16/h5-7H,1-4H3. The third-order valence-electron chi connectivity index (χ3n) is 3.44. The zero-order valence-electron chi connectivity index (χ0n) is 10.8. The predicted molar refractivity (Wildman–Crippen MR) is 66.6 cm³/mol. The van der Waals surface area contributed by atoms with Gasteiger partial charge in [-0.15, -0.1) is 0 Å². The molecule has 0 bridgehead atoms. The number of hydrogen-bond acceptors (Lipinski definition) is 5. The summed E-state index contributed by atoms with van der Waals surface area (Å²) in [6.45, 7) is 7.68. The van der Waals surface area contributed by atoms with E-state index in [2.05, 4.69) is 4.98 Å². The van der Waals surface area contributed by atoms with Crippen molar-refractivity contribution in [1.29, 1.82) is 0 Å². The first-order valence-electron chi connectivity index (χ1n) is 5.70. The third-order valence-corrected chi connectivity index (χ3v) is 3.44. The smallest absolute Gasteiger partial charge is 0.397 e. The fourth-order valence-electron chi connectivity index (χ4n) is 1.64. The molecule has 7 heteroatoms. The summed E-state index contributed by atoms with van der Waals surface area (Å²) in [4.78, 5) is 14.1. The number of pyridine rings is 1. The highest BCUT2D eigenvalue weighted by Crippen LogP contribution is 2.36. The lowest BCUT2D eigenvalue weighted by Gasteiger charge is -2.32. The van der Waals surface area contributed by atoms with Gasteiger partial charge >= 0.3 is 12.9 Å². The fraction of sp³-hybridized carbons (Fsp3) is 0.545. The zero-order valence-corrected chi connectivity index (χ0v) is 10.8. The summed E-state index contributed by atoms with van der Waals surface area (Å²) in [5.41, 5.74) is -0.545. The summed E-state index contributed by atoms with van der Waals surface area (Å²) in [5, 5.41) is 10.7. The SMILES string of the molecule is CC1(C)OB(c2cccc([N+](=O)[O-])n2)OC1(C)C. The lowest BCUT2D eigenvalue weighted by molar-refractivity contribution is -0.389. The summed E-state index contributed by atoms with van der Waals surface area (Å²) in [6.07, 6.45) is 0. The Balaban J connectivity index is 2.30. The molecule has 0 radical (unpaired) electrons. The first-order valence-corrected chi connectivity index (χ1v) is 5.70. The van der Waals surface area contributed by atoms with Gasteiger partial charge in [-0.3, -0.25) is 0 Å². The molecule has 1 fully saturated rings. The van der Waals surface area contributed by atoms with E-state index in [0.29, 0.717) is 5.59 Å². The Hall–Kier alpha value is -1.47. The van der Waals surface area contributed by atoms with Crippen molar-refractivity contribution in [3.05, 3.63) is 28.3 Å². The summed E-state index contributed by atoms with van der Waals surface area (Å²) < 4.78 is 11.6. The lowest BCUT2D eigenvalue weighted by atomic mass is 9.84. The molecular formula is C11H15BN2O4. The maximum absolute atomic E-state index is 10.7. The molecule has 1 saturated heterocycles. The molecule has 0 atom stereocenters. The van der Waals surface area contributed by atoms with Crippen LogP contribution in [-0.2, 0) is 9.31 Å². The molecule has 1 aliphatic heterocycles. The van der Waals surface area contributed by atoms with Gasteiger partial charge in [0.25, 0.3) is 0 Å². The van der Waals surface area contributed by atoms with Gasteiger partial charge in [-0.1, -0.05) is 6.07 Å². The van der Waals surface area contributed by atoms with Gasteiger partial charge < -0.3 is 19.4 Å². The molecule has 6 nitrogen and oxygen atoms in total. The van der Waals surface area contributed by atoms with E-state index >= 15 is 0 Å². The largest absolute Gasteiger partial charge is 0.542 e. The molecule has 18 heavy (non-hydrogen) atoms. The molecule has 1 aliphatic rings. The molecule has 0 spiro atoms. The van der Waals surface area contributed by atoms with E-state index in [4.69, 9.17) is 9.31 Å². The van der Waals surface area contributed by atoms with Crippen molar-refractivity contribution >= 4 is 18.5 Å². The second kappa shape index (κ2) is 4.03. The van der Waals surface area contributed by atoms with Crippen molar-refractivity contribution in [3.63, 3.8) is 0 Å². The Kier molecular flexibility index (Phi) is 2.91. The molecular weight excluding hydrogens is 235 g/mol. The van der Waals surface area contributed by atoms with Crippen LogP contribution in [0.3, 0.4) is 0 Å². The molecule has 2 rings (SSSR count). The van der Waals surface area contributed by atoms with Gasteiger partial charge in [0, 0.05) is 6.07 Å². The summed E-state index contributed by atoms with van der Waals surface area (Å²) in [5.74, 6) is -0.206. The lowest BCUT2D eigenvalue weighted by Crippen LogP contribution is -2.41. The van der Waals surface area contributed by atoms with E-state index < -0.39 is 23.2 Å². The first kappa shape index (κ1) is 13.0. The average Bonchev–Trinajstić information content (AvgIpc) is 2.48. The summed E-state index contributed by atoms with van der Waals surface area (Å²) in [7, 11) is -0.671. The second-order valence-electron chi connectivity index (χ2n) is 5.27. The maximum Gasteiger partial charge on any atom is 0.542 e. The topological polar surface area (TPSA) is 74.5 Å². The minimum Gasteiger partial charge on any atom is -0.397 e. The van der Waals surface area contributed by atoms with Crippen LogP contribution in [0.2, 0.25) is 0 Å². The number of nitrogens with zero attached hydrogens (tertiary/aromatic N) is 2. The van der Waals surface area contributed by atoms with Crippen LogP contribution in [0.15, 0.2) is 18.2 Å². The quantitative estimate of drug-likeness (QED) is 0.449. The highest BCUT2D eigenvalue weighted by atomic mass is 16.7. The van der Waals surface area contributed by atoms with E-state index in [1.807, 2.05) is 27.7 Å². The van der Waals surface area contributed by atoms with Crippen LogP contribution < -0.4 is 5.59 Å². The molecule has 96 valence electrons. The molecule has 0 N–H and O–H groups in total. The van der Waals surface area contributed by atoms with Crippen molar-refractivity contribution in [2.45, 2.75) is 38.9 Å². The minimum absolute atomic E-state index is 0.206. The minimum atomic E-state index is -0.671. The van der Waals surface area contributed by atoms with E-state index in [9.17, 15) is 10.1 Å². The van der Waals surface area contributed by atoms with Crippen LogP contribution in [0.1, 0.15) is 27.7 Å². The first-order chi connectivity index (χ1) is 8.23. The normalized spacial score (nSPS) is 21.0. The monoisotopic (exact) mass is 250 g/mol. The van der Waals surface area contributed by atoms with Gasteiger partial charge in [0.05, 0.1) is 11.2 Å². The van der Waals surface area contributed by atoms with Crippen molar-refractivity contribution in [2.75, 3.05) is 0 Å². The van der Waals surface area contributed by atoms with Crippen molar-refractivity contribution in [3.8, 4) is 0 Å². The Morgan fingerprint density at radius 3 is 2.28 bits per heavy atom. The van der Waals surface area contributed by atoms with Gasteiger partial charge in [-0.25, -0.2) is 0 Å². The molecule has 0 aliphatic carbocycles. The maximum atomic E-state index is 10.7. The molecule has 1 aromatic heterocycles. The van der Waals surface area contributed by atoms with Crippen LogP contribution in [0.4, 0.5) is 5.82 Å². The Bertz CT molecular complexity index is 474. The van der Waals surface area contributed by atoms with E-state index in [-0.39, 0.29) is 5.82 Å². The number of aromatic nitrogens is 1. The number of nitro groups is 1. The predicted octanol–water partition coefficient (Wildman–Crippen LogP) is 1.29. The van der Waals surface area contributed by atoms with E-state index in [1.54, 1.807) is 12.1 Å². The van der Waals surface area contributed by atoms with Crippen molar-refractivity contribution in [2.24, 2.45) is 0 Å². The zero-order chi connectivity index (χ0) is 13.6. The highest BCUT2D eigenvalue weighted by Gasteiger charge is 2.53. The van der Waals surface area contributed by atoms with Gasteiger partial charge in [-0.2, -0.15) is 0 Å².